The van der Waals surface area contributed by atoms with E-state index in [2.05, 4.69) is 10.6 Å². The van der Waals surface area contributed by atoms with Crippen LogP contribution in [0.5, 0.6) is 5.75 Å². The number of methoxy groups -OCH3 is 1. The van der Waals surface area contributed by atoms with E-state index < -0.39 is 29.3 Å². The van der Waals surface area contributed by atoms with Gasteiger partial charge in [0.1, 0.15) is 11.8 Å². The lowest BCUT2D eigenvalue weighted by Crippen LogP contribution is -2.52. The molecule has 2 heterocycles. The Morgan fingerprint density at radius 1 is 1.14 bits per heavy atom. The maximum Gasteiger partial charge on any atom is 0.349 e. The zero-order valence-corrected chi connectivity index (χ0v) is 19.7. The molecule has 4 amide bonds. The summed E-state index contributed by atoms with van der Waals surface area (Å²) in [6, 6.07) is 8.97. The second kappa shape index (κ2) is 10.6. The summed E-state index contributed by atoms with van der Waals surface area (Å²) in [6.45, 7) is 3.99. The van der Waals surface area contributed by atoms with E-state index in [1.54, 1.807) is 18.2 Å². The van der Waals surface area contributed by atoms with Crippen LogP contribution in [0.3, 0.4) is 0 Å². The SMILES string of the molecule is CC.COc1ccc(C(F)(F)C(=O)NCc2ccc3c(c2)CN(C2CCC(=O)NC2=O)C3=O)cc1. The van der Waals surface area contributed by atoms with Gasteiger partial charge >= 0.3 is 5.92 Å². The quantitative estimate of drug-likeness (QED) is 0.610. The summed E-state index contributed by atoms with van der Waals surface area (Å²) in [7, 11) is 1.41. The van der Waals surface area contributed by atoms with E-state index in [4.69, 9.17) is 4.74 Å². The first-order valence-electron chi connectivity index (χ1n) is 11.3. The van der Waals surface area contributed by atoms with Gasteiger partial charge in [-0.25, -0.2) is 0 Å². The lowest BCUT2D eigenvalue weighted by atomic mass is 10.0. The average molecular weight is 488 g/mol. The molecule has 8 nitrogen and oxygen atoms in total. The van der Waals surface area contributed by atoms with E-state index in [0.717, 1.165) is 12.1 Å². The van der Waals surface area contributed by atoms with Crippen molar-refractivity contribution in [3.05, 3.63) is 64.7 Å². The Morgan fingerprint density at radius 3 is 2.46 bits per heavy atom. The highest BCUT2D eigenvalue weighted by molar-refractivity contribution is 6.05. The van der Waals surface area contributed by atoms with Crippen molar-refractivity contribution >= 4 is 23.6 Å². The number of amides is 4. The first-order valence-corrected chi connectivity index (χ1v) is 11.3. The molecular formula is C25H27F2N3O5. The number of benzene rings is 2. The van der Waals surface area contributed by atoms with Crippen molar-refractivity contribution in [3.63, 3.8) is 0 Å². The number of nitrogens with one attached hydrogen (secondary N) is 2. The number of fused-ring (bicyclic) bond motifs is 1. The highest BCUT2D eigenvalue weighted by atomic mass is 19.3. The van der Waals surface area contributed by atoms with Gasteiger partial charge < -0.3 is 15.0 Å². The van der Waals surface area contributed by atoms with E-state index in [9.17, 15) is 28.0 Å². The Bertz CT molecular complexity index is 1130. The van der Waals surface area contributed by atoms with Gasteiger partial charge in [-0.05, 0) is 47.9 Å². The molecule has 2 aliphatic heterocycles. The molecule has 0 aromatic heterocycles. The Kier molecular flexibility index (Phi) is 7.83. The van der Waals surface area contributed by atoms with Crippen LogP contribution in [0.2, 0.25) is 0 Å². The molecule has 4 rings (SSSR count). The Morgan fingerprint density at radius 2 is 1.83 bits per heavy atom. The smallest absolute Gasteiger partial charge is 0.349 e. The largest absolute Gasteiger partial charge is 0.497 e. The number of rotatable bonds is 6. The molecule has 1 atom stereocenters. The molecule has 2 aliphatic rings. The molecule has 2 aromatic rings. The van der Waals surface area contributed by atoms with Crippen molar-refractivity contribution in [2.45, 2.75) is 51.7 Å². The van der Waals surface area contributed by atoms with E-state index in [0.29, 0.717) is 22.4 Å². The van der Waals surface area contributed by atoms with E-state index in [1.165, 1.54) is 24.1 Å². The number of carbonyl (C=O) groups excluding carboxylic acids is 4. The monoisotopic (exact) mass is 487 g/mol. The van der Waals surface area contributed by atoms with Gasteiger partial charge in [-0.15, -0.1) is 0 Å². The number of ether oxygens (including phenoxy) is 1. The van der Waals surface area contributed by atoms with E-state index in [1.807, 2.05) is 13.8 Å². The van der Waals surface area contributed by atoms with Gasteiger partial charge in [0.05, 0.1) is 7.11 Å². The molecule has 0 spiro atoms. The van der Waals surface area contributed by atoms with E-state index in [-0.39, 0.29) is 37.7 Å². The van der Waals surface area contributed by atoms with Crippen molar-refractivity contribution in [1.29, 1.82) is 0 Å². The second-order valence-corrected chi connectivity index (χ2v) is 7.88. The number of hydrogen-bond acceptors (Lipinski definition) is 5. The average Bonchev–Trinajstić information content (AvgIpc) is 3.19. The van der Waals surface area contributed by atoms with Crippen molar-refractivity contribution < 1.29 is 32.7 Å². The molecule has 10 heteroatoms. The molecular weight excluding hydrogens is 460 g/mol. The molecule has 35 heavy (non-hydrogen) atoms. The topological polar surface area (TPSA) is 105 Å². The van der Waals surface area contributed by atoms with Gasteiger partial charge in [-0.2, -0.15) is 8.78 Å². The number of halogens is 2. The van der Waals surface area contributed by atoms with Crippen LogP contribution in [-0.2, 0) is 33.4 Å². The van der Waals surface area contributed by atoms with E-state index >= 15 is 0 Å². The number of alkyl halides is 2. The van der Waals surface area contributed by atoms with Gasteiger partial charge in [0, 0.05) is 30.6 Å². The number of carbonyl (C=O) groups is 4. The molecule has 0 radical (unpaired) electrons. The fourth-order valence-corrected chi connectivity index (χ4v) is 3.96. The molecule has 0 aliphatic carbocycles. The van der Waals surface area contributed by atoms with Gasteiger partial charge in [0.2, 0.25) is 11.8 Å². The molecule has 0 bridgehead atoms. The number of hydrogen-bond donors (Lipinski definition) is 2. The Hall–Kier alpha value is -3.82. The van der Waals surface area contributed by atoms with Crippen LogP contribution in [0, 0.1) is 0 Å². The van der Waals surface area contributed by atoms with Crippen molar-refractivity contribution in [2.24, 2.45) is 0 Å². The summed E-state index contributed by atoms with van der Waals surface area (Å²) in [4.78, 5) is 49.8. The van der Waals surface area contributed by atoms with Crippen LogP contribution in [0.25, 0.3) is 0 Å². The van der Waals surface area contributed by atoms with Crippen molar-refractivity contribution in [1.82, 2.24) is 15.5 Å². The third kappa shape index (κ3) is 5.31. The van der Waals surface area contributed by atoms with Gasteiger partial charge in [0.15, 0.2) is 0 Å². The summed E-state index contributed by atoms with van der Waals surface area (Å²) in [6.07, 6.45) is 0.393. The minimum atomic E-state index is -3.73. The molecule has 1 unspecified atom stereocenters. The lowest BCUT2D eigenvalue weighted by molar-refractivity contribution is -0.147. The summed E-state index contributed by atoms with van der Waals surface area (Å²) in [5.74, 6) is -6.00. The van der Waals surface area contributed by atoms with Crippen LogP contribution in [0.15, 0.2) is 42.5 Å². The predicted octanol–water partition coefficient (Wildman–Crippen LogP) is 2.89. The highest BCUT2D eigenvalue weighted by Crippen LogP contribution is 2.31. The van der Waals surface area contributed by atoms with Crippen LogP contribution < -0.4 is 15.4 Å². The number of nitrogens with zero attached hydrogens (tertiary/aromatic N) is 1. The summed E-state index contributed by atoms with van der Waals surface area (Å²) in [5, 5.41) is 4.47. The van der Waals surface area contributed by atoms with Crippen LogP contribution in [-0.4, -0.2) is 41.7 Å². The molecule has 2 N–H and O–H groups in total. The number of piperidine rings is 1. The van der Waals surface area contributed by atoms with Crippen LogP contribution in [0.1, 0.15) is 53.7 Å². The minimum absolute atomic E-state index is 0.149. The van der Waals surface area contributed by atoms with Gasteiger partial charge in [-0.3, -0.25) is 24.5 Å². The molecule has 0 saturated carbocycles. The zero-order chi connectivity index (χ0) is 25.8. The first-order chi connectivity index (χ1) is 16.7. The minimum Gasteiger partial charge on any atom is -0.497 e. The zero-order valence-electron chi connectivity index (χ0n) is 19.7. The summed E-state index contributed by atoms with van der Waals surface area (Å²) in [5.41, 5.74) is 1.10. The third-order valence-electron chi connectivity index (χ3n) is 5.78. The standard InChI is InChI=1S/C23H21F2N3O5.C2H6/c1-33-16-5-3-15(4-6-16)23(24,25)22(32)26-11-13-2-7-17-14(10-13)12-28(21(17)31)18-8-9-19(29)27-20(18)30;1-2/h2-7,10,18H,8-9,11-12H2,1H3,(H,26,32)(H,27,29,30);1-2H3. The molecule has 2 aromatic carbocycles. The summed E-state index contributed by atoms with van der Waals surface area (Å²) >= 11 is 0. The maximum atomic E-state index is 14.5. The lowest BCUT2D eigenvalue weighted by Gasteiger charge is -2.29. The third-order valence-corrected chi connectivity index (χ3v) is 5.78. The van der Waals surface area contributed by atoms with Crippen molar-refractivity contribution in [2.75, 3.05) is 7.11 Å². The second-order valence-electron chi connectivity index (χ2n) is 7.88. The molecule has 186 valence electrons. The molecule has 1 saturated heterocycles. The molecule has 1 fully saturated rings. The number of imide groups is 1. The summed E-state index contributed by atoms with van der Waals surface area (Å²) < 4.78 is 34.0. The highest BCUT2D eigenvalue weighted by Gasteiger charge is 2.41. The van der Waals surface area contributed by atoms with Crippen LogP contribution in [0.4, 0.5) is 8.78 Å². The van der Waals surface area contributed by atoms with Crippen LogP contribution >= 0.6 is 0 Å². The normalized spacial score (nSPS) is 17.2. The predicted molar refractivity (Wildman–Crippen MR) is 123 cm³/mol. The van der Waals surface area contributed by atoms with Crippen molar-refractivity contribution in [3.8, 4) is 5.75 Å². The maximum absolute atomic E-state index is 14.5. The fourth-order valence-electron chi connectivity index (χ4n) is 3.96. The first kappa shape index (κ1) is 25.8. The fraction of sp³-hybridized carbons (Fsp3) is 0.360. The van der Waals surface area contributed by atoms with Gasteiger partial charge in [0.25, 0.3) is 11.8 Å². The van der Waals surface area contributed by atoms with Gasteiger partial charge in [-0.1, -0.05) is 26.0 Å². The Labute approximate surface area is 201 Å². The Balaban J connectivity index is 0.00000167.